The van der Waals surface area contributed by atoms with Crippen molar-refractivity contribution in [2.24, 2.45) is 0 Å². The smallest absolute Gasteiger partial charge is 0.332 e. The van der Waals surface area contributed by atoms with Crippen molar-refractivity contribution < 1.29 is 18.0 Å². The van der Waals surface area contributed by atoms with Crippen LogP contribution in [0.15, 0.2) is 12.1 Å². The second-order valence-corrected chi connectivity index (χ2v) is 10.7. The number of anilines is 1. The topological polar surface area (TPSA) is 95.6 Å². The Morgan fingerprint density at radius 1 is 1.10 bits per heavy atom. The van der Waals surface area contributed by atoms with E-state index in [1.165, 1.54) is 4.90 Å². The zero-order valence-electron chi connectivity index (χ0n) is 17.7. The predicted molar refractivity (Wildman–Crippen MR) is 116 cm³/mol. The van der Waals surface area contributed by atoms with Crippen LogP contribution >= 0.6 is 11.6 Å². The van der Waals surface area contributed by atoms with Gasteiger partial charge in [0.05, 0.1) is 0 Å². The number of halogens is 1. The molecule has 0 spiro atoms. The van der Waals surface area contributed by atoms with Gasteiger partial charge >= 0.3 is 6.03 Å². The molecule has 0 aromatic heterocycles. The van der Waals surface area contributed by atoms with Crippen LogP contribution in [0.3, 0.4) is 0 Å². The predicted octanol–water partition coefficient (Wildman–Crippen LogP) is 4.05. The van der Waals surface area contributed by atoms with Gasteiger partial charge < -0.3 is 10.2 Å². The van der Waals surface area contributed by atoms with E-state index in [4.69, 9.17) is 11.6 Å². The van der Waals surface area contributed by atoms with Crippen molar-refractivity contribution in [1.82, 2.24) is 9.62 Å². The van der Waals surface area contributed by atoms with E-state index in [0.29, 0.717) is 10.7 Å². The molecule has 1 aromatic rings. The molecule has 0 radical (unpaired) electrons. The molecule has 1 aliphatic rings. The summed E-state index contributed by atoms with van der Waals surface area (Å²) in [6.45, 7) is 11.6. The first-order chi connectivity index (χ1) is 13.3. The van der Waals surface area contributed by atoms with E-state index in [-0.39, 0.29) is 36.8 Å². The molecule has 1 fully saturated rings. The maximum Gasteiger partial charge on any atom is 0.332 e. The third-order valence-electron chi connectivity index (χ3n) is 5.07. The van der Waals surface area contributed by atoms with Crippen LogP contribution in [0.2, 0.25) is 5.02 Å². The van der Waals surface area contributed by atoms with Crippen LogP contribution in [-0.2, 0) is 14.8 Å². The fourth-order valence-corrected chi connectivity index (χ4v) is 4.89. The maximum atomic E-state index is 12.7. The van der Waals surface area contributed by atoms with E-state index in [0.717, 1.165) is 11.1 Å². The molecule has 1 heterocycles. The first-order valence-electron chi connectivity index (χ1n) is 9.78. The zero-order chi connectivity index (χ0) is 22.1. The van der Waals surface area contributed by atoms with Crippen molar-refractivity contribution in [3.63, 3.8) is 0 Å². The van der Waals surface area contributed by atoms with Crippen LogP contribution in [-0.4, -0.2) is 43.1 Å². The van der Waals surface area contributed by atoms with Gasteiger partial charge in [-0.05, 0) is 48.9 Å². The Bertz CT molecular complexity index is 868. The molecule has 1 unspecified atom stereocenters. The summed E-state index contributed by atoms with van der Waals surface area (Å²) in [4.78, 5) is 26.1. The van der Waals surface area contributed by atoms with E-state index in [9.17, 15) is 18.0 Å². The Labute approximate surface area is 178 Å². The van der Waals surface area contributed by atoms with Gasteiger partial charge in [0.25, 0.3) is 0 Å². The molecule has 1 saturated heterocycles. The molecule has 0 aliphatic carbocycles. The summed E-state index contributed by atoms with van der Waals surface area (Å²) in [5.41, 5.74) is 2.23. The van der Waals surface area contributed by atoms with Crippen molar-refractivity contribution in [2.45, 2.75) is 71.1 Å². The minimum absolute atomic E-state index is 0.0742. The summed E-state index contributed by atoms with van der Waals surface area (Å²) in [6, 6.07) is 2.62. The molecule has 3 amide bonds. The average molecular weight is 444 g/mol. The highest BCUT2D eigenvalue weighted by atomic mass is 35.5. The summed E-state index contributed by atoms with van der Waals surface area (Å²) in [5, 5.41) is 2.32. The van der Waals surface area contributed by atoms with Gasteiger partial charge in [0.1, 0.15) is 5.25 Å². The van der Waals surface area contributed by atoms with Crippen LogP contribution in [0.4, 0.5) is 10.5 Å². The molecule has 2 rings (SSSR count). The normalized spacial score (nSPS) is 17.5. The number of amides is 3. The molecule has 29 heavy (non-hydrogen) atoms. The van der Waals surface area contributed by atoms with E-state index < -0.39 is 21.3 Å². The number of nitrogens with zero attached hydrogens (tertiary/aromatic N) is 1. The lowest BCUT2D eigenvalue weighted by molar-refractivity contribution is -0.129. The molecule has 1 atom stereocenters. The quantitative estimate of drug-likeness (QED) is 0.693. The lowest BCUT2D eigenvalue weighted by Gasteiger charge is -2.22. The van der Waals surface area contributed by atoms with Crippen LogP contribution in [0.1, 0.15) is 70.9 Å². The number of rotatable bonds is 6. The molecule has 7 nitrogen and oxygen atoms in total. The standard InChI is InChI=1S/C20H30ClN3O4S/c1-11(2)16-7-14(21)8-17(12(3)4)19(16)22-20(26)23-29(27,28)15-9-18(25)24(10-15)13(5)6/h7-8,11-13,15H,9-10H2,1-6H3,(H2,22,23,26). The molecular weight excluding hydrogens is 414 g/mol. The zero-order valence-corrected chi connectivity index (χ0v) is 19.3. The third kappa shape index (κ3) is 5.42. The largest absolute Gasteiger partial charge is 0.339 e. The van der Waals surface area contributed by atoms with Crippen molar-refractivity contribution in [2.75, 3.05) is 11.9 Å². The number of nitrogens with one attached hydrogen (secondary N) is 2. The molecule has 1 aromatic carbocycles. The Balaban J connectivity index is 2.24. The Morgan fingerprint density at radius 2 is 1.62 bits per heavy atom. The summed E-state index contributed by atoms with van der Waals surface area (Å²) in [5.74, 6) is -0.0759. The number of carbonyl (C=O) groups is 2. The van der Waals surface area contributed by atoms with Crippen LogP contribution < -0.4 is 10.0 Å². The summed E-state index contributed by atoms with van der Waals surface area (Å²) in [7, 11) is -4.00. The van der Waals surface area contributed by atoms with Gasteiger partial charge in [0, 0.05) is 29.7 Å². The number of hydrogen-bond donors (Lipinski definition) is 2. The number of benzene rings is 1. The second-order valence-electron chi connectivity index (χ2n) is 8.34. The monoisotopic (exact) mass is 443 g/mol. The van der Waals surface area contributed by atoms with Gasteiger partial charge in [-0.3, -0.25) is 4.79 Å². The van der Waals surface area contributed by atoms with Crippen molar-refractivity contribution >= 4 is 39.2 Å². The number of hydrogen-bond acceptors (Lipinski definition) is 4. The molecule has 0 bridgehead atoms. The highest BCUT2D eigenvalue weighted by Gasteiger charge is 2.40. The minimum Gasteiger partial charge on any atom is -0.339 e. The lowest BCUT2D eigenvalue weighted by Crippen LogP contribution is -2.42. The SMILES string of the molecule is CC(C)c1cc(Cl)cc(C(C)C)c1NC(=O)NS(=O)(=O)C1CC(=O)N(C(C)C)C1. The first kappa shape index (κ1) is 23.5. The van der Waals surface area contributed by atoms with E-state index >= 15 is 0 Å². The Morgan fingerprint density at radius 3 is 2.03 bits per heavy atom. The third-order valence-corrected chi connectivity index (χ3v) is 6.95. The molecule has 0 saturated carbocycles. The average Bonchev–Trinajstić information content (AvgIpc) is 2.98. The summed E-state index contributed by atoms with van der Waals surface area (Å²) < 4.78 is 27.4. The molecule has 9 heteroatoms. The molecule has 2 N–H and O–H groups in total. The van der Waals surface area contributed by atoms with Gasteiger partial charge in [-0.2, -0.15) is 0 Å². The molecule has 1 aliphatic heterocycles. The van der Waals surface area contributed by atoms with Crippen LogP contribution in [0.5, 0.6) is 0 Å². The number of carbonyl (C=O) groups excluding carboxylic acids is 2. The fraction of sp³-hybridized carbons (Fsp3) is 0.600. The van der Waals surface area contributed by atoms with E-state index in [2.05, 4.69) is 10.0 Å². The minimum atomic E-state index is -4.00. The second kappa shape index (κ2) is 8.92. The summed E-state index contributed by atoms with van der Waals surface area (Å²) in [6.07, 6.45) is -0.129. The van der Waals surface area contributed by atoms with Gasteiger partial charge in [0.15, 0.2) is 0 Å². The van der Waals surface area contributed by atoms with Crippen LogP contribution in [0, 0.1) is 0 Å². The lowest BCUT2D eigenvalue weighted by atomic mass is 9.92. The van der Waals surface area contributed by atoms with Crippen molar-refractivity contribution in [3.8, 4) is 0 Å². The molecule has 162 valence electrons. The van der Waals surface area contributed by atoms with Crippen LogP contribution in [0.25, 0.3) is 0 Å². The number of sulfonamides is 1. The Hall–Kier alpha value is -1.80. The number of likely N-dealkylation sites (tertiary alicyclic amines) is 1. The maximum absolute atomic E-state index is 12.7. The fourth-order valence-electron chi connectivity index (χ4n) is 3.46. The van der Waals surface area contributed by atoms with Crippen molar-refractivity contribution in [3.05, 3.63) is 28.3 Å². The highest BCUT2D eigenvalue weighted by Crippen LogP contribution is 2.35. The van der Waals surface area contributed by atoms with E-state index in [1.807, 2.05) is 41.5 Å². The number of urea groups is 1. The molecular formula is C20H30ClN3O4S. The highest BCUT2D eigenvalue weighted by molar-refractivity contribution is 7.90. The van der Waals surface area contributed by atoms with Gasteiger partial charge in [-0.15, -0.1) is 0 Å². The summed E-state index contributed by atoms with van der Waals surface area (Å²) >= 11 is 6.23. The first-order valence-corrected chi connectivity index (χ1v) is 11.7. The van der Waals surface area contributed by atoms with E-state index in [1.54, 1.807) is 12.1 Å². The van der Waals surface area contributed by atoms with Gasteiger partial charge in [-0.25, -0.2) is 17.9 Å². The Kier molecular flexibility index (Phi) is 7.22. The van der Waals surface area contributed by atoms with Gasteiger partial charge in [0.2, 0.25) is 15.9 Å². The van der Waals surface area contributed by atoms with Crippen molar-refractivity contribution in [1.29, 1.82) is 0 Å². The van der Waals surface area contributed by atoms with Gasteiger partial charge in [-0.1, -0.05) is 39.3 Å².